The van der Waals surface area contributed by atoms with Gasteiger partial charge >= 0.3 is 0 Å². The van der Waals surface area contributed by atoms with Crippen molar-refractivity contribution in [2.24, 2.45) is 0 Å². The third-order valence-corrected chi connectivity index (χ3v) is 6.21. The van der Waals surface area contributed by atoms with Crippen LogP contribution in [0.1, 0.15) is 39.0 Å². The van der Waals surface area contributed by atoms with Crippen LogP contribution in [0.5, 0.6) is 0 Å². The number of aromatic nitrogens is 5. The standard InChI is InChI=1S/C22H24FN7O/c1-3-17-21(31)28(2)18-13-26-22(27-20(18)30(17)15-6-4-5-7-15)29-11-10-24-19(29)16-9-8-14(23)12-25-16/h8-13,15,17H,3-7H2,1-2H3/t17-/m1/s1. The minimum Gasteiger partial charge on any atom is -0.340 e. The summed E-state index contributed by atoms with van der Waals surface area (Å²) >= 11 is 0. The van der Waals surface area contributed by atoms with Gasteiger partial charge in [-0.3, -0.25) is 9.36 Å². The number of carbonyl (C=O) groups is 1. The van der Waals surface area contributed by atoms with Gasteiger partial charge in [-0.25, -0.2) is 19.3 Å². The number of fused-ring (bicyclic) bond motifs is 1. The van der Waals surface area contributed by atoms with Crippen LogP contribution in [0.4, 0.5) is 15.9 Å². The van der Waals surface area contributed by atoms with E-state index in [1.807, 2.05) is 6.92 Å². The summed E-state index contributed by atoms with van der Waals surface area (Å²) in [4.78, 5) is 34.9. The Kier molecular flexibility index (Phi) is 4.88. The number of likely N-dealkylation sites (N-methyl/N-ethyl adjacent to an activating group) is 1. The fourth-order valence-electron chi connectivity index (χ4n) is 4.65. The maximum atomic E-state index is 13.3. The predicted octanol–water partition coefficient (Wildman–Crippen LogP) is 3.37. The summed E-state index contributed by atoms with van der Waals surface area (Å²) in [5.74, 6) is 1.42. The number of nitrogens with zero attached hydrogens (tertiary/aromatic N) is 7. The minimum atomic E-state index is -0.405. The van der Waals surface area contributed by atoms with Crippen LogP contribution in [0.25, 0.3) is 17.5 Å². The molecular weight excluding hydrogens is 397 g/mol. The van der Waals surface area contributed by atoms with Crippen molar-refractivity contribution in [2.45, 2.75) is 51.1 Å². The van der Waals surface area contributed by atoms with E-state index < -0.39 is 5.82 Å². The van der Waals surface area contributed by atoms with E-state index in [0.29, 0.717) is 35.6 Å². The number of rotatable bonds is 4. The minimum absolute atomic E-state index is 0.0806. The van der Waals surface area contributed by atoms with Crippen molar-refractivity contribution in [3.63, 3.8) is 0 Å². The number of amides is 1. The Hall–Kier alpha value is -3.36. The van der Waals surface area contributed by atoms with Crippen molar-refractivity contribution in [2.75, 3.05) is 16.8 Å². The first-order valence-corrected chi connectivity index (χ1v) is 10.7. The van der Waals surface area contributed by atoms with Gasteiger partial charge in [-0.2, -0.15) is 4.98 Å². The fraction of sp³-hybridized carbons (Fsp3) is 0.409. The van der Waals surface area contributed by atoms with E-state index in [0.717, 1.165) is 37.7 Å². The van der Waals surface area contributed by atoms with Crippen molar-refractivity contribution in [1.82, 2.24) is 24.5 Å². The average Bonchev–Trinajstić information content (AvgIpc) is 3.48. The molecule has 5 rings (SSSR count). The molecule has 3 aromatic rings. The molecule has 8 nitrogen and oxygen atoms in total. The van der Waals surface area contributed by atoms with Crippen molar-refractivity contribution in [3.8, 4) is 17.5 Å². The Morgan fingerprint density at radius 1 is 1.13 bits per heavy atom. The number of halogens is 1. The highest BCUT2D eigenvalue weighted by Crippen LogP contribution is 2.39. The van der Waals surface area contributed by atoms with Crippen LogP contribution in [-0.4, -0.2) is 49.5 Å². The van der Waals surface area contributed by atoms with E-state index in [2.05, 4.69) is 19.9 Å². The molecule has 1 amide bonds. The van der Waals surface area contributed by atoms with E-state index in [1.54, 1.807) is 41.2 Å². The number of anilines is 2. The molecule has 160 valence electrons. The molecule has 0 radical (unpaired) electrons. The molecule has 0 unspecified atom stereocenters. The average molecular weight is 421 g/mol. The molecule has 1 aliphatic heterocycles. The lowest BCUT2D eigenvalue weighted by Crippen LogP contribution is -2.55. The topological polar surface area (TPSA) is 80.0 Å². The third kappa shape index (κ3) is 3.24. The molecule has 0 spiro atoms. The van der Waals surface area contributed by atoms with E-state index >= 15 is 0 Å². The first kappa shape index (κ1) is 19.6. The molecule has 1 atom stereocenters. The van der Waals surface area contributed by atoms with Crippen molar-refractivity contribution >= 4 is 17.4 Å². The van der Waals surface area contributed by atoms with Gasteiger partial charge in [0.25, 0.3) is 0 Å². The lowest BCUT2D eigenvalue weighted by Gasteiger charge is -2.43. The second-order valence-corrected chi connectivity index (χ2v) is 8.03. The zero-order valence-corrected chi connectivity index (χ0v) is 17.6. The molecule has 31 heavy (non-hydrogen) atoms. The van der Waals surface area contributed by atoms with Crippen LogP contribution in [0.15, 0.2) is 36.9 Å². The molecule has 0 N–H and O–H groups in total. The maximum absolute atomic E-state index is 13.3. The summed E-state index contributed by atoms with van der Waals surface area (Å²) in [5, 5.41) is 0. The number of pyridine rings is 1. The Bertz CT molecular complexity index is 1110. The van der Waals surface area contributed by atoms with Gasteiger partial charge < -0.3 is 9.80 Å². The third-order valence-electron chi connectivity index (χ3n) is 6.21. The Balaban J connectivity index is 1.62. The van der Waals surface area contributed by atoms with Gasteiger partial charge in [-0.1, -0.05) is 19.8 Å². The van der Waals surface area contributed by atoms with E-state index in [-0.39, 0.29) is 11.9 Å². The number of hydrogen-bond donors (Lipinski definition) is 0. The lowest BCUT2D eigenvalue weighted by molar-refractivity contribution is -0.120. The summed E-state index contributed by atoms with van der Waals surface area (Å²) in [5.41, 5.74) is 1.24. The van der Waals surface area contributed by atoms with E-state index in [4.69, 9.17) is 4.98 Å². The highest BCUT2D eigenvalue weighted by atomic mass is 19.1. The zero-order chi connectivity index (χ0) is 21.5. The van der Waals surface area contributed by atoms with Crippen LogP contribution in [0, 0.1) is 5.82 Å². The normalized spacial score (nSPS) is 19.2. The number of carbonyl (C=O) groups excluding carboxylic acids is 1. The monoisotopic (exact) mass is 421 g/mol. The first-order valence-electron chi connectivity index (χ1n) is 10.7. The molecule has 0 saturated heterocycles. The molecule has 1 fully saturated rings. The number of imidazole rings is 1. The van der Waals surface area contributed by atoms with Crippen LogP contribution in [-0.2, 0) is 4.79 Å². The molecule has 0 aromatic carbocycles. The SMILES string of the molecule is CC[C@@H]1C(=O)N(C)c2cnc(-n3ccnc3-c3ccc(F)cn3)nc2N1C1CCCC1. The van der Waals surface area contributed by atoms with E-state index in [9.17, 15) is 9.18 Å². The molecule has 4 heterocycles. The molecule has 9 heteroatoms. The summed E-state index contributed by atoms with van der Waals surface area (Å²) in [6, 6.07) is 3.00. The largest absolute Gasteiger partial charge is 0.340 e. The molecular formula is C22H24FN7O. The lowest BCUT2D eigenvalue weighted by atomic mass is 10.0. The van der Waals surface area contributed by atoms with Crippen LogP contribution in [0.2, 0.25) is 0 Å². The van der Waals surface area contributed by atoms with Gasteiger partial charge in [-0.05, 0) is 31.4 Å². The van der Waals surface area contributed by atoms with Gasteiger partial charge in [0.2, 0.25) is 11.9 Å². The van der Waals surface area contributed by atoms with Crippen molar-refractivity contribution in [3.05, 3.63) is 42.7 Å². The van der Waals surface area contributed by atoms with Crippen molar-refractivity contribution < 1.29 is 9.18 Å². The number of hydrogen-bond acceptors (Lipinski definition) is 6. The summed E-state index contributed by atoms with van der Waals surface area (Å²) in [7, 11) is 1.78. The molecule has 1 aliphatic carbocycles. The van der Waals surface area contributed by atoms with Crippen LogP contribution in [0.3, 0.4) is 0 Å². The quantitative estimate of drug-likeness (QED) is 0.643. The Labute approximate surface area is 179 Å². The summed E-state index contributed by atoms with van der Waals surface area (Å²) in [6.45, 7) is 2.04. The highest BCUT2D eigenvalue weighted by molar-refractivity contribution is 6.04. The maximum Gasteiger partial charge on any atom is 0.249 e. The summed E-state index contributed by atoms with van der Waals surface area (Å²) < 4.78 is 15.1. The zero-order valence-electron chi connectivity index (χ0n) is 17.6. The second-order valence-electron chi connectivity index (χ2n) is 8.03. The highest BCUT2D eigenvalue weighted by Gasteiger charge is 2.41. The summed E-state index contributed by atoms with van der Waals surface area (Å²) in [6.07, 6.45) is 11.4. The Morgan fingerprint density at radius 3 is 2.65 bits per heavy atom. The smallest absolute Gasteiger partial charge is 0.249 e. The molecule has 3 aromatic heterocycles. The van der Waals surface area contributed by atoms with Crippen LogP contribution < -0.4 is 9.80 Å². The van der Waals surface area contributed by atoms with E-state index in [1.165, 1.54) is 6.07 Å². The predicted molar refractivity (Wildman–Crippen MR) is 115 cm³/mol. The van der Waals surface area contributed by atoms with Gasteiger partial charge in [0.05, 0.1) is 12.4 Å². The van der Waals surface area contributed by atoms with Gasteiger partial charge in [0.15, 0.2) is 11.6 Å². The van der Waals surface area contributed by atoms with Gasteiger partial charge in [0, 0.05) is 25.5 Å². The molecule has 1 saturated carbocycles. The molecule has 2 aliphatic rings. The second kappa shape index (κ2) is 7.72. The van der Waals surface area contributed by atoms with Crippen LogP contribution >= 0.6 is 0 Å². The first-order chi connectivity index (χ1) is 15.1. The van der Waals surface area contributed by atoms with Crippen molar-refractivity contribution in [1.29, 1.82) is 0 Å². The Morgan fingerprint density at radius 2 is 1.94 bits per heavy atom. The van der Waals surface area contributed by atoms with Gasteiger partial charge in [0.1, 0.15) is 23.2 Å². The van der Waals surface area contributed by atoms with Gasteiger partial charge in [-0.15, -0.1) is 0 Å². The molecule has 0 bridgehead atoms. The fourth-order valence-corrected chi connectivity index (χ4v) is 4.65.